The summed E-state index contributed by atoms with van der Waals surface area (Å²) >= 11 is 1.10. The average Bonchev–Trinajstić information content (AvgIpc) is 3.03. The van der Waals surface area contributed by atoms with Crippen LogP contribution in [0.3, 0.4) is 0 Å². The van der Waals surface area contributed by atoms with Gasteiger partial charge in [0.15, 0.2) is 0 Å². The summed E-state index contributed by atoms with van der Waals surface area (Å²) in [4.78, 5) is 26.4. The summed E-state index contributed by atoms with van der Waals surface area (Å²) in [6.45, 7) is 5.96. The van der Waals surface area contributed by atoms with Gasteiger partial charge in [0, 0.05) is 12.6 Å². The minimum absolute atomic E-state index is 0.275. The molecule has 1 unspecified atom stereocenters. The van der Waals surface area contributed by atoms with Gasteiger partial charge in [0.2, 0.25) is 11.4 Å². The van der Waals surface area contributed by atoms with Crippen molar-refractivity contribution in [1.82, 2.24) is 15.1 Å². The van der Waals surface area contributed by atoms with E-state index >= 15 is 0 Å². The van der Waals surface area contributed by atoms with Crippen molar-refractivity contribution in [3.63, 3.8) is 0 Å². The van der Waals surface area contributed by atoms with Gasteiger partial charge in [-0.25, -0.2) is 14.5 Å². The van der Waals surface area contributed by atoms with Crippen LogP contribution in [-0.4, -0.2) is 53.5 Å². The Balaban J connectivity index is 2.26. The Bertz CT molecular complexity index is 532. The number of nitrogens with zero attached hydrogens (tertiary/aromatic N) is 4. The van der Waals surface area contributed by atoms with Crippen LogP contribution in [0.5, 0.6) is 5.19 Å². The Morgan fingerprint density at radius 3 is 2.90 bits per heavy atom. The number of ether oxygens (including phenoxy) is 2. The number of hydrogen-bond acceptors (Lipinski definition) is 7. The first-order chi connectivity index (χ1) is 9.60. The van der Waals surface area contributed by atoms with Gasteiger partial charge >= 0.3 is 12.0 Å². The number of rotatable bonds is 5. The number of carbonyl (C=O) groups excluding carboxylic acids is 2. The number of carbonyl (C=O) groups is 2. The number of urea groups is 1. The summed E-state index contributed by atoms with van der Waals surface area (Å²) in [7, 11) is 1.46. The van der Waals surface area contributed by atoms with E-state index in [4.69, 9.17) is 9.47 Å². The number of likely N-dealkylation sites (N-methyl/N-ethyl adjacent to an activating group) is 1. The molecule has 2 heterocycles. The highest BCUT2D eigenvalue weighted by molar-refractivity contribution is 7.17. The largest absolute Gasteiger partial charge is 0.472 e. The van der Waals surface area contributed by atoms with E-state index in [1.807, 2.05) is 6.92 Å². The average molecular weight is 298 g/mol. The van der Waals surface area contributed by atoms with E-state index in [1.165, 1.54) is 12.0 Å². The molecule has 1 aliphatic rings. The predicted octanol–water partition coefficient (Wildman–Crippen LogP) is 0.864. The second kappa shape index (κ2) is 5.87. The van der Waals surface area contributed by atoms with Crippen molar-refractivity contribution in [3.8, 4) is 5.19 Å². The monoisotopic (exact) mass is 298 g/mol. The van der Waals surface area contributed by atoms with Gasteiger partial charge in [-0.05, 0) is 18.3 Å². The Kier molecular flexibility index (Phi) is 4.18. The van der Waals surface area contributed by atoms with Gasteiger partial charge in [-0.15, -0.1) is 5.10 Å². The molecule has 1 atom stereocenters. The molecule has 20 heavy (non-hydrogen) atoms. The molecular formula is C11H14N4O4S. The van der Waals surface area contributed by atoms with Gasteiger partial charge in [-0.2, -0.15) is 0 Å². The maximum absolute atomic E-state index is 12.2. The molecule has 2 rings (SSSR count). The highest BCUT2D eigenvalue weighted by Gasteiger charge is 2.41. The summed E-state index contributed by atoms with van der Waals surface area (Å²) < 4.78 is 10.1. The van der Waals surface area contributed by atoms with Gasteiger partial charge in [0.25, 0.3) is 5.19 Å². The molecular weight excluding hydrogens is 284 g/mol. The highest BCUT2D eigenvalue weighted by Crippen LogP contribution is 2.31. The Labute approximate surface area is 119 Å². The van der Waals surface area contributed by atoms with Crippen LogP contribution in [0.4, 0.5) is 9.93 Å². The third-order valence-corrected chi connectivity index (χ3v) is 3.60. The van der Waals surface area contributed by atoms with Crippen LogP contribution in [0.25, 0.3) is 0 Å². The molecule has 1 saturated heterocycles. The van der Waals surface area contributed by atoms with Crippen LogP contribution in [0.15, 0.2) is 12.7 Å². The summed E-state index contributed by atoms with van der Waals surface area (Å²) in [5.74, 6) is -0.595. The fraction of sp³-hybridized carbons (Fsp3) is 0.455. The van der Waals surface area contributed by atoms with Crippen molar-refractivity contribution in [2.75, 3.05) is 25.1 Å². The number of methoxy groups -OCH3 is 1. The van der Waals surface area contributed by atoms with Gasteiger partial charge in [0.1, 0.15) is 0 Å². The molecule has 1 aromatic rings. The van der Waals surface area contributed by atoms with Crippen molar-refractivity contribution < 1.29 is 19.1 Å². The number of anilines is 1. The molecule has 8 nitrogen and oxygen atoms in total. The maximum atomic E-state index is 12.2. The van der Waals surface area contributed by atoms with E-state index in [0.29, 0.717) is 16.9 Å². The molecule has 0 radical (unpaired) electrons. The Morgan fingerprint density at radius 1 is 1.60 bits per heavy atom. The molecule has 0 bridgehead atoms. The zero-order chi connectivity index (χ0) is 14.7. The normalized spacial score (nSPS) is 18.3. The van der Waals surface area contributed by atoms with Crippen LogP contribution in [0, 0.1) is 0 Å². The summed E-state index contributed by atoms with van der Waals surface area (Å²) in [5.41, 5.74) is 0. The van der Waals surface area contributed by atoms with Crippen molar-refractivity contribution in [2.24, 2.45) is 0 Å². The SMILES string of the molecule is C=CC(=O)OC1CN(CC)C(=O)N1c1nnc(OC)s1. The van der Waals surface area contributed by atoms with Crippen molar-refractivity contribution in [1.29, 1.82) is 0 Å². The third-order valence-electron chi connectivity index (χ3n) is 2.72. The molecule has 1 aromatic heterocycles. The minimum atomic E-state index is -0.745. The first-order valence-corrected chi connectivity index (χ1v) is 6.71. The quantitative estimate of drug-likeness (QED) is 0.592. The predicted molar refractivity (Wildman–Crippen MR) is 71.7 cm³/mol. The van der Waals surface area contributed by atoms with Crippen LogP contribution in [0.1, 0.15) is 6.92 Å². The maximum Gasteiger partial charge on any atom is 0.332 e. The van der Waals surface area contributed by atoms with Crippen LogP contribution < -0.4 is 9.64 Å². The molecule has 0 saturated carbocycles. The second-order valence-electron chi connectivity index (χ2n) is 3.84. The Hall–Kier alpha value is -2.16. The van der Waals surface area contributed by atoms with E-state index in [0.717, 1.165) is 17.4 Å². The first-order valence-electron chi connectivity index (χ1n) is 5.89. The van der Waals surface area contributed by atoms with Gasteiger partial charge < -0.3 is 14.4 Å². The molecule has 0 aromatic carbocycles. The van der Waals surface area contributed by atoms with Gasteiger partial charge in [-0.3, -0.25) is 0 Å². The van der Waals surface area contributed by atoms with Crippen LogP contribution >= 0.6 is 11.3 Å². The third kappa shape index (κ3) is 2.57. The standard InChI is InChI=1S/C11H14N4O4S/c1-4-8(16)19-7-6-14(5-2)11(17)15(7)9-12-13-10(18-3)20-9/h4,7H,1,5-6H2,2-3H3. The molecule has 9 heteroatoms. The first kappa shape index (κ1) is 14.3. The lowest BCUT2D eigenvalue weighted by molar-refractivity contribution is -0.142. The molecule has 0 aliphatic carbocycles. The van der Waals surface area contributed by atoms with Gasteiger partial charge in [0.05, 0.1) is 13.7 Å². The van der Waals surface area contributed by atoms with E-state index in [-0.39, 0.29) is 12.6 Å². The zero-order valence-corrected chi connectivity index (χ0v) is 11.9. The topological polar surface area (TPSA) is 84.9 Å². The smallest absolute Gasteiger partial charge is 0.332 e. The molecule has 0 spiro atoms. The summed E-state index contributed by atoms with van der Waals surface area (Å²) in [6, 6.07) is -0.284. The van der Waals surface area contributed by atoms with Crippen LogP contribution in [-0.2, 0) is 9.53 Å². The number of aromatic nitrogens is 2. The van der Waals surface area contributed by atoms with E-state index in [1.54, 1.807) is 4.90 Å². The number of amides is 2. The zero-order valence-electron chi connectivity index (χ0n) is 11.1. The second-order valence-corrected chi connectivity index (χ2v) is 4.76. The van der Waals surface area contributed by atoms with Crippen LogP contribution in [0.2, 0.25) is 0 Å². The molecule has 108 valence electrons. The molecule has 1 aliphatic heterocycles. The lowest BCUT2D eigenvalue weighted by Crippen LogP contribution is -2.37. The molecule has 0 N–H and O–H groups in total. The number of hydrogen-bond donors (Lipinski definition) is 0. The lowest BCUT2D eigenvalue weighted by atomic mass is 10.5. The van der Waals surface area contributed by atoms with Crippen molar-refractivity contribution >= 4 is 28.5 Å². The van der Waals surface area contributed by atoms with Gasteiger partial charge in [-0.1, -0.05) is 11.7 Å². The van der Waals surface area contributed by atoms with E-state index in [9.17, 15) is 9.59 Å². The van der Waals surface area contributed by atoms with Crippen molar-refractivity contribution in [2.45, 2.75) is 13.2 Å². The molecule has 1 fully saturated rings. The fourth-order valence-corrected chi connectivity index (χ4v) is 2.44. The Morgan fingerprint density at radius 2 is 2.35 bits per heavy atom. The molecule has 2 amide bonds. The summed E-state index contributed by atoms with van der Waals surface area (Å²) in [5, 5.41) is 8.30. The highest BCUT2D eigenvalue weighted by atomic mass is 32.1. The van der Waals surface area contributed by atoms with E-state index in [2.05, 4.69) is 16.8 Å². The lowest BCUT2D eigenvalue weighted by Gasteiger charge is -2.18. The van der Waals surface area contributed by atoms with Crippen molar-refractivity contribution in [3.05, 3.63) is 12.7 Å². The van der Waals surface area contributed by atoms with E-state index < -0.39 is 12.2 Å². The summed E-state index contributed by atoms with van der Waals surface area (Å²) in [6.07, 6.45) is 0.309. The minimum Gasteiger partial charge on any atom is -0.472 e. The fourth-order valence-electron chi connectivity index (χ4n) is 1.75. The number of esters is 1.